The number of nitrogens with zero attached hydrogens (tertiary/aromatic N) is 1. The Bertz CT molecular complexity index is 528. The van der Waals surface area contributed by atoms with E-state index >= 15 is 0 Å². The summed E-state index contributed by atoms with van der Waals surface area (Å²) in [6.07, 6.45) is 5.01. The fourth-order valence-corrected chi connectivity index (χ4v) is 3.44. The summed E-state index contributed by atoms with van der Waals surface area (Å²) < 4.78 is 27.5. The number of terminal acetylenes is 1. The second-order valence-corrected chi connectivity index (χ2v) is 7.78. The van der Waals surface area contributed by atoms with E-state index in [1.165, 1.54) is 4.90 Å². The minimum absolute atomic E-state index is 0.00134. The monoisotopic (exact) mass is 303 g/mol. The molecule has 6 nitrogen and oxygen atoms in total. The third-order valence-electron chi connectivity index (χ3n) is 3.80. The molecular formula is C13H21NO5S. The van der Waals surface area contributed by atoms with Crippen LogP contribution in [0.1, 0.15) is 33.6 Å². The van der Waals surface area contributed by atoms with Crippen LogP contribution in [-0.4, -0.2) is 49.0 Å². The van der Waals surface area contributed by atoms with Crippen LogP contribution in [0.25, 0.3) is 0 Å². The van der Waals surface area contributed by atoms with Crippen molar-refractivity contribution in [1.29, 1.82) is 0 Å². The number of carbonyl (C=O) groups is 1. The van der Waals surface area contributed by atoms with Crippen molar-refractivity contribution in [3.63, 3.8) is 0 Å². The van der Waals surface area contributed by atoms with Crippen LogP contribution in [-0.2, 0) is 14.3 Å². The highest BCUT2D eigenvalue weighted by Gasteiger charge is 2.55. The van der Waals surface area contributed by atoms with Crippen LogP contribution in [0.15, 0.2) is 0 Å². The molecule has 0 aliphatic carbocycles. The van der Waals surface area contributed by atoms with Crippen molar-refractivity contribution in [2.75, 3.05) is 12.8 Å². The fourth-order valence-electron chi connectivity index (χ4n) is 2.82. The van der Waals surface area contributed by atoms with Crippen molar-refractivity contribution in [3.05, 3.63) is 0 Å². The molecule has 7 heteroatoms. The third-order valence-corrected chi connectivity index (χ3v) is 4.42. The summed E-state index contributed by atoms with van der Waals surface area (Å²) in [7, 11) is -3.64. The Labute approximate surface area is 120 Å². The Kier molecular flexibility index (Phi) is 4.42. The quantitative estimate of drug-likeness (QED) is 0.631. The van der Waals surface area contributed by atoms with Gasteiger partial charge in [-0.15, -0.1) is 12.3 Å². The molecule has 1 aliphatic heterocycles. The minimum Gasteiger partial charge on any atom is -0.465 e. The van der Waals surface area contributed by atoms with Crippen molar-refractivity contribution in [2.45, 2.75) is 45.3 Å². The highest BCUT2D eigenvalue weighted by molar-refractivity contribution is 7.86. The Balaban J connectivity index is 3.20. The summed E-state index contributed by atoms with van der Waals surface area (Å²) in [6.45, 7) is 5.68. The Morgan fingerprint density at radius 3 is 2.45 bits per heavy atom. The van der Waals surface area contributed by atoms with Gasteiger partial charge in [-0.2, -0.15) is 8.42 Å². The molecule has 0 bridgehead atoms. The van der Waals surface area contributed by atoms with Gasteiger partial charge in [-0.3, -0.25) is 9.08 Å². The number of hydrogen-bond donors (Lipinski definition) is 1. The van der Waals surface area contributed by atoms with Crippen molar-refractivity contribution in [3.8, 4) is 12.3 Å². The minimum atomic E-state index is -3.64. The van der Waals surface area contributed by atoms with Crippen molar-refractivity contribution >= 4 is 16.2 Å². The Morgan fingerprint density at radius 2 is 2.10 bits per heavy atom. The summed E-state index contributed by atoms with van der Waals surface area (Å²) in [4.78, 5) is 12.7. The third kappa shape index (κ3) is 3.25. The molecule has 20 heavy (non-hydrogen) atoms. The number of amides is 1. The smallest absolute Gasteiger partial charge is 0.407 e. The lowest BCUT2D eigenvalue weighted by Crippen LogP contribution is -2.55. The van der Waals surface area contributed by atoms with Gasteiger partial charge in [-0.1, -0.05) is 20.8 Å². The zero-order valence-corrected chi connectivity index (χ0v) is 13.0. The molecule has 1 fully saturated rings. The lowest BCUT2D eigenvalue weighted by Gasteiger charge is -2.45. The van der Waals surface area contributed by atoms with Gasteiger partial charge in [0, 0.05) is 12.8 Å². The molecule has 1 rings (SSSR count). The maximum Gasteiger partial charge on any atom is 0.407 e. The van der Waals surface area contributed by atoms with Gasteiger partial charge in [0.25, 0.3) is 10.1 Å². The Hall–Kier alpha value is -1.26. The van der Waals surface area contributed by atoms with Crippen LogP contribution in [0.3, 0.4) is 0 Å². The molecular weight excluding hydrogens is 282 g/mol. The molecule has 0 spiro atoms. The Morgan fingerprint density at radius 1 is 1.55 bits per heavy atom. The predicted octanol–water partition coefficient (Wildman–Crippen LogP) is 1.52. The fraction of sp³-hybridized carbons (Fsp3) is 0.769. The maximum absolute atomic E-state index is 11.5. The van der Waals surface area contributed by atoms with E-state index in [2.05, 4.69) is 5.92 Å². The van der Waals surface area contributed by atoms with E-state index in [1.54, 1.807) is 0 Å². The highest BCUT2D eigenvalue weighted by atomic mass is 32.2. The van der Waals surface area contributed by atoms with Gasteiger partial charge in [0.2, 0.25) is 0 Å². The lowest BCUT2D eigenvalue weighted by atomic mass is 9.70. The molecule has 0 saturated carbocycles. The van der Waals surface area contributed by atoms with E-state index in [9.17, 15) is 18.3 Å². The van der Waals surface area contributed by atoms with Gasteiger partial charge in [-0.05, 0) is 5.41 Å². The van der Waals surface area contributed by atoms with E-state index in [0.29, 0.717) is 0 Å². The zero-order valence-electron chi connectivity index (χ0n) is 12.2. The first kappa shape index (κ1) is 16.8. The second-order valence-electron chi connectivity index (χ2n) is 6.18. The molecule has 0 radical (unpaired) electrons. The lowest BCUT2D eigenvalue weighted by molar-refractivity contribution is 0.0340. The first-order valence-corrected chi connectivity index (χ1v) is 8.07. The number of rotatable bonds is 3. The van der Waals surface area contributed by atoms with Gasteiger partial charge in [0.1, 0.15) is 0 Å². The van der Waals surface area contributed by atoms with Gasteiger partial charge < -0.3 is 5.11 Å². The molecule has 1 aliphatic rings. The summed E-state index contributed by atoms with van der Waals surface area (Å²) in [5.74, 6) is 2.52. The van der Waals surface area contributed by atoms with Gasteiger partial charge in [-0.25, -0.2) is 4.79 Å². The molecule has 1 saturated heterocycles. The average Bonchev–Trinajstić information content (AvgIpc) is 2.55. The van der Waals surface area contributed by atoms with E-state index in [4.69, 9.17) is 10.6 Å². The summed E-state index contributed by atoms with van der Waals surface area (Å²) in [5, 5.41) is 9.41. The van der Waals surface area contributed by atoms with Crippen LogP contribution >= 0.6 is 0 Å². The number of hydrogen-bond acceptors (Lipinski definition) is 4. The van der Waals surface area contributed by atoms with Crippen molar-refractivity contribution in [2.24, 2.45) is 5.41 Å². The number of carboxylic acid groups (broad SMARTS) is 1. The largest absolute Gasteiger partial charge is 0.465 e. The topological polar surface area (TPSA) is 83.9 Å². The van der Waals surface area contributed by atoms with E-state index < -0.39 is 33.3 Å². The summed E-state index contributed by atoms with van der Waals surface area (Å²) in [5.41, 5.74) is -1.27. The predicted molar refractivity (Wildman–Crippen MR) is 74.7 cm³/mol. The molecule has 0 aromatic rings. The molecule has 1 amide bonds. The molecule has 2 atom stereocenters. The van der Waals surface area contributed by atoms with Crippen molar-refractivity contribution < 1.29 is 22.5 Å². The van der Waals surface area contributed by atoms with Crippen LogP contribution in [0.2, 0.25) is 0 Å². The second kappa shape index (κ2) is 5.26. The molecule has 0 aromatic carbocycles. The first-order chi connectivity index (χ1) is 8.93. The molecule has 0 aromatic heterocycles. The van der Waals surface area contributed by atoms with Gasteiger partial charge >= 0.3 is 6.09 Å². The summed E-state index contributed by atoms with van der Waals surface area (Å²) in [6, 6.07) is 0. The van der Waals surface area contributed by atoms with Crippen LogP contribution in [0.5, 0.6) is 0 Å². The van der Waals surface area contributed by atoms with Crippen molar-refractivity contribution in [1.82, 2.24) is 4.90 Å². The van der Waals surface area contributed by atoms with Crippen LogP contribution in [0, 0.1) is 17.8 Å². The van der Waals surface area contributed by atoms with Crippen LogP contribution in [0.4, 0.5) is 4.79 Å². The molecule has 0 unspecified atom stereocenters. The number of likely N-dealkylation sites (tertiary alicyclic amines) is 1. The summed E-state index contributed by atoms with van der Waals surface area (Å²) >= 11 is 0. The molecule has 1 heterocycles. The average molecular weight is 303 g/mol. The maximum atomic E-state index is 11.5. The first-order valence-electron chi connectivity index (χ1n) is 6.25. The molecule has 114 valence electrons. The standard InChI is InChI=1S/C13H21NO5S/c1-6-7-13(12(2,3)4)8-10(19-20(5,17)18)9-14(13)11(15)16/h1,10H,7-9H2,2-5H3,(H,15,16)/t10-,13+/m1/s1. The van der Waals surface area contributed by atoms with E-state index in [0.717, 1.165) is 6.26 Å². The van der Waals surface area contributed by atoms with E-state index in [-0.39, 0.29) is 19.4 Å². The van der Waals surface area contributed by atoms with Gasteiger partial charge in [0.15, 0.2) is 0 Å². The SMILES string of the molecule is C#CC[C@@]1(C(C)(C)C)C[C@@H](OS(C)(=O)=O)CN1C(=O)O. The van der Waals surface area contributed by atoms with E-state index in [1.807, 2.05) is 20.8 Å². The highest BCUT2D eigenvalue weighted by Crippen LogP contribution is 2.46. The molecule has 1 N–H and O–H groups in total. The normalized spacial score (nSPS) is 27.4. The van der Waals surface area contributed by atoms with Gasteiger partial charge in [0.05, 0.1) is 24.4 Å². The van der Waals surface area contributed by atoms with Crippen LogP contribution < -0.4 is 0 Å². The zero-order chi connectivity index (χ0) is 15.8.